The highest BCUT2D eigenvalue weighted by Crippen LogP contribution is 2.15. The molecule has 0 aromatic heterocycles. The van der Waals surface area contributed by atoms with Crippen LogP contribution in [-0.4, -0.2) is 37.9 Å². The lowest BCUT2D eigenvalue weighted by Gasteiger charge is -2.18. The predicted octanol–water partition coefficient (Wildman–Crippen LogP) is 17.0. The summed E-state index contributed by atoms with van der Waals surface area (Å²) in [6.07, 6.45) is 58.6. The van der Waals surface area contributed by atoms with Crippen molar-refractivity contribution in [1.29, 1.82) is 0 Å². The van der Waals surface area contributed by atoms with Gasteiger partial charge in [-0.05, 0) is 70.6 Å². The van der Waals surface area contributed by atoms with Crippen LogP contribution in [0.3, 0.4) is 0 Å². The molecule has 5 nitrogen and oxygen atoms in total. The Hall–Kier alpha value is -1.88. The van der Waals surface area contributed by atoms with Gasteiger partial charge in [0, 0.05) is 19.4 Å². The number of esters is 2. The topological polar surface area (TPSA) is 61.8 Å². The van der Waals surface area contributed by atoms with E-state index in [1.165, 1.54) is 180 Å². The van der Waals surface area contributed by atoms with Crippen LogP contribution >= 0.6 is 0 Å². The van der Waals surface area contributed by atoms with E-state index in [9.17, 15) is 9.59 Å². The largest absolute Gasteiger partial charge is 0.462 e. The second kappa shape index (κ2) is 49.5. The molecule has 0 aliphatic rings. The van der Waals surface area contributed by atoms with Crippen LogP contribution in [0.2, 0.25) is 0 Å². The van der Waals surface area contributed by atoms with Crippen molar-refractivity contribution >= 4 is 11.9 Å². The third kappa shape index (κ3) is 46.8. The van der Waals surface area contributed by atoms with E-state index in [1.807, 2.05) is 0 Å². The Labute approximate surface area is 361 Å². The van der Waals surface area contributed by atoms with Crippen LogP contribution in [0.5, 0.6) is 0 Å². The minimum atomic E-state index is -0.539. The van der Waals surface area contributed by atoms with E-state index in [2.05, 4.69) is 57.2 Å². The molecule has 0 aromatic carbocycles. The monoisotopic (exact) mass is 815 g/mol. The van der Waals surface area contributed by atoms with Gasteiger partial charge in [-0.3, -0.25) is 9.59 Å². The lowest BCUT2D eigenvalue weighted by Crippen LogP contribution is -2.30. The molecule has 0 aromatic rings. The quantitative estimate of drug-likeness (QED) is 0.0348. The van der Waals surface area contributed by atoms with Crippen LogP contribution in [0.1, 0.15) is 265 Å². The Kier molecular flexibility index (Phi) is 47.9. The van der Waals surface area contributed by atoms with Crippen LogP contribution < -0.4 is 0 Å². The molecule has 0 fully saturated rings. The molecule has 0 rings (SSSR count). The molecule has 340 valence electrons. The first-order valence-corrected chi connectivity index (χ1v) is 25.5. The van der Waals surface area contributed by atoms with Crippen molar-refractivity contribution < 1.29 is 23.8 Å². The average molecular weight is 815 g/mol. The number of carbonyl (C=O) groups is 2. The fraction of sp³-hybridized carbons (Fsp3) is 0.849. The summed E-state index contributed by atoms with van der Waals surface area (Å²) < 4.78 is 17.4. The SMILES string of the molecule is CCC/C=C\C/C=C\CCCCCCCC(=O)OC(COCCCCCCCCCCCCCC)COC(=O)CCCCCCCCC/C=C\CCCCCCCC. The molecule has 0 aliphatic carbocycles. The van der Waals surface area contributed by atoms with Gasteiger partial charge in [0.15, 0.2) is 6.10 Å². The summed E-state index contributed by atoms with van der Waals surface area (Å²) in [5.74, 6) is -0.407. The maximum absolute atomic E-state index is 12.8. The van der Waals surface area contributed by atoms with Gasteiger partial charge in [-0.25, -0.2) is 0 Å². The first-order chi connectivity index (χ1) is 28.6. The van der Waals surface area contributed by atoms with Crippen LogP contribution in [-0.2, 0) is 23.8 Å². The second-order valence-corrected chi connectivity index (χ2v) is 17.1. The van der Waals surface area contributed by atoms with Crippen molar-refractivity contribution in [2.45, 2.75) is 271 Å². The summed E-state index contributed by atoms with van der Waals surface area (Å²) in [5.41, 5.74) is 0. The van der Waals surface area contributed by atoms with Gasteiger partial charge in [0.25, 0.3) is 0 Å². The molecule has 0 heterocycles. The highest BCUT2D eigenvalue weighted by Gasteiger charge is 2.17. The molecule has 0 aliphatic heterocycles. The van der Waals surface area contributed by atoms with Gasteiger partial charge in [-0.1, -0.05) is 218 Å². The van der Waals surface area contributed by atoms with Gasteiger partial charge in [0.1, 0.15) is 6.61 Å². The molecule has 0 bridgehead atoms. The standard InChI is InChI=1S/C53H98O5/c1-4-7-10-13-16-19-22-25-26-27-28-30-31-34-37-40-43-46-52(54)57-50-51(49-56-48-45-42-39-36-33-24-21-18-15-12-9-6-3)58-53(55)47-44-41-38-35-32-29-23-20-17-14-11-8-5-2/h11,14,20,23,25-26,51H,4-10,12-13,15-19,21-22,24,27-50H2,1-3H3/b14-11-,23-20-,26-25-. The van der Waals surface area contributed by atoms with Crippen LogP contribution in [0.15, 0.2) is 36.5 Å². The fourth-order valence-corrected chi connectivity index (χ4v) is 7.31. The van der Waals surface area contributed by atoms with E-state index in [4.69, 9.17) is 14.2 Å². The molecule has 0 radical (unpaired) electrons. The molecular formula is C53H98O5. The first kappa shape index (κ1) is 56.1. The van der Waals surface area contributed by atoms with Crippen molar-refractivity contribution in [3.63, 3.8) is 0 Å². The number of hydrogen-bond acceptors (Lipinski definition) is 5. The number of ether oxygens (including phenoxy) is 3. The number of unbranched alkanes of at least 4 members (excludes halogenated alkanes) is 30. The molecule has 0 saturated heterocycles. The minimum absolute atomic E-state index is 0.0817. The normalized spacial score (nSPS) is 12.4. The van der Waals surface area contributed by atoms with E-state index in [0.717, 1.165) is 51.4 Å². The van der Waals surface area contributed by atoms with Crippen molar-refractivity contribution in [3.8, 4) is 0 Å². The zero-order chi connectivity index (χ0) is 42.1. The highest BCUT2D eigenvalue weighted by atomic mass is 16.6. The summed E-state index contributed by atoms with van der Waals surface area (Å²) in [6.45, 7) is 7.78. The third-order valence-corrected chi connectivity index (χ3v) is 11.1. The van der Waals surface area contributed by atoms with Crippen molar-refractivity contribution in [2.75, 3.05) is 19.8 Å². The zero-order valence-electron chi connectivity index (χ0n) is 39.1. The Bertz CT molecular complexity index is 924. The second-order valence-electron chi connectivity index (χ2n) is 17.1. The van der Waals surface area contributed by atoms with Gasteiger partial charge in [0.2, 0.25) is 0 Å². The van der Waals surface area contributed by atoms with E-state index in [-0.39, 0.29) is 25.2 Å². The number of hydrogen-bond donors (Lipinski definition) is 0. The molecule has 0 amide bonds. The van der Waals surface area contributed by atoms with E-state index in [1.54, 1.807) is 0 Å². The van der Waals surface area contributed by atoms with E-state index in [0.29, 0.717) is 19.4 Å². The van der Waals surface area contributed by atoms with Crippen molar-refractivity contribution in [2.24, 2.45) is 0 Å². The Morgan fingerprint density at radius 1 is 0.379 bits per heavy atom. The van der Waals surface area contributed by atoms with Crippen LogP contribution in [0.25, 0.3) is 0 Å². The lowest BCUT2D eigenvalue weighted by molar-refractivity contribution is -0.163. The third-order valence-electron chi connectivity index (χ3n) is 11.1. The van der Waals surface area contributed by atoms with Crippen LogP contribution in [0.4, 0.5) is 0 Å². The van der Waals surface area contributed by atoms with Crippen LogP contribution in [0, 0.1) is 0 Å². The number of carbonyl (C=O) groups excluding carboxylic acids is 2. The van der Waals surface area contributed by atoms with Gasteiger partial charge in [-0.2, -0.15) is 0 Å². The summed E-state index contributed by atoms with van der Waals surface area (Å²) in [5, 5.41) is 0. The molecule has 1 unspecified atom stereocenters. The number of allylic oxidation sites excluding steroid dienone is 6. The lowest BCUT2D eigenvalue weighted by atomic mass is 10.1. The fourth-order valence-electron chi connectivity index (χ4n) is 7.31. The molecule has 0 N–H and O–H groups in total. The summed E-state index contributed by atoms with van der Waals surface area (Å²) in [4.78, 5) is 25.3. The Morgan fingerprint density at radius 3 is 1.22 bits per heavy atom. The maximum atomic E-state index is 12.8. The molecule has 0 spiro atoms. The Morgan fingerprint density at radius 2 is 0.759 bits per heavy atom. The van der Waals surface area contributed by atoms with Gasteiger partial charge in [0.05, 0.1) is 6.61 Å². The smallest absolute Gasteiger partial charge is 0.306 e. The number of rotatable bonds is 47. The zero-order valence-corrected chi connectivity index (χ0v) is 39.1. The molecule has 58 heavy (non-hydrogen) atoms. The summed E-state index contributed by atoms with van der Waals surface area (Å²) in [6, 6.07) is 0. The highest BCUT2D eigenvalue weighted by molar-refractivity contribution is 5.70. The van der Waals surface area contributed by atoms with Gasteiger partial charge < -0.3 is 14.2 Å². The van der Waals surface area contributed by atoms with Crippen molar-refractivity contribution in [3.05, 3.63) is 36.5 Å². The molecule has 0 saturated carbocycles. The minimum Gasteiger partial charge on any atom is -0.462 e. The molecule has 1 atom stereocenters. The van der Waals surface area contributed by atoms with Gasteiger partial charge >= 0.3 is 11.9 Å². The average Bonchev–Trinajstić information content (AvgIpc) is 3.22. The molecule has 5 heteroatoms. The molecular weight excluding hydrogens is 717 g/mol. The maximum Gasteiger partial charge on any atom is 0.306 e. The van der Waals surface area contributed by atoms with E-state index >= 15 is 0 Å². The summed E-state index contributed by atoms with van der Waals surface area (Å²) in [7, 11) is 0. The summed E-state index contributed by atoms with van der Waals surface area (Å²) >= 11 is 0. The predicted molar refractivity (Wildman–Crippen MR) is 252 cm³/mol. The van der Waals surface area contributed by atoms with E-state index < -0.39 is 6.10 Å². The Balaban J connectivity index is 4.23. The first-order valence-electron chi connectivity index (χ1n) is 25.5. The van der Waals surface area contributed by atoms with Crippen molar-refractivity contribution in [1.82, 2.24) is 0 Å². The van der Waals surface area contributed by atoms with Gasteiger partial charge in [-0.15, -0.1) is 0 Å².